The Morgan fingerprint density at radius 2 is 2.12 bits per heavy atom. The average molecular weight is 239 g/mol. The van der Waals surface area contributed by atoms with Gasteiger partial charge in [-0.25, -0.2) is 0 Å². The molecule has 3 fully saturated rings. The highest BCUT2D eigenvalue weighted by Gasteiger charge is 2.55. The third kappa shape index (κ3) is 2.22. The lowest BCUT2D eigenvalue weighted by atomic mass is 9.45. The molecule has 0 radical (unpaired) electrons. The molecule has 1 N–H and O–H groups in total. The number of hydrogen-bond acceptors (Lipinski definition) is 3. The van der Waals surface area contributed by atoms with Crippen LogP contribution in [0, 0.1) is 23.2 Å². The monoisotopic (exact) mass is 239 g/mol. The lowest BCUT2D eigenvalue weighted by molar-refractivity contribution is -0.144. The van der Waals surface area contributed by atoms with Gasteiger partial charge in [0.25, 0.3) is 0 Å². The second-order valence-corrected chi connectivity index (χ2v) is 6.25. The minimum atomic E-state index is -0.127. The van der Waals surface area contributed by atoms with Crippen molar-refractivity contribution in [3.8, 4) is 0 Å². The van der Waals surface area contributed by atoms with Crippen molar-refractivity contribution in [1.82, 2.24) is 5.32 Å². The molecule has 0 aromatic carbocycles. The predicted octanol–water partition coefficient (Wildman–Crippen LogP) is 2.21. The highest BCUT2D eigenvalue weighted by molar-refractivity contribution is 5.71. The minimum Gasteiger partial charge on any atom is -0.465 e. The molecule has 3 aliphatic rings. The topological polar surface area (TPSA) is 38.3 Å². The molecule has 0 spiro atoms. The van der Waals surface area contributed by atoms with Crippen LogP contribution in [0.25, 0.3) is 0 Å². The summed E-state index contributed by atoms with van der Waals surface area (Å²) in [6.07, 6.45) is 2.59. The first-order valence-corrected chi connectivity index (χ1v) is 6.85. The van der Waals surface area contributed by atoms with Gasteiger partial charge in [-0.15, -0.1) is 0 Å². The molecule has 4 atom stereocenters. The van der Waals surface area contributed by atoms with Crippen molar-refractivity contribution in [3.05, 3.63) is 0 Å². The summed E-state index contributed by atoms with van der Waals surface area (Å²) in [6, 6.07) is 0.496. The van der Waals surface area contributed by atoms with E-state index in [-0.39, 0.29) is 5.97 Å². The number of esters is 1. The predicted molar refractivity (Wildman–Crippen MR) is 67.6 cm³/mol. The molecule has 3 aliphatic carbocycles. The standard InChI is InChI=1S/C14H25NO2/c1-5-17-13(16)8-15-12-7-10-6-11(9(12)2)14(10,3)4/h9-12,15H,5-8H2,1-4H3/t9-,10+,11-,12-/m1/s1. The second-order valence-electron chi connectivity index (χ2n) is 6.25. The smallest absolute Gasteiger partial charge is 0.319 e. The quantitative estimate of drug-likeness (QED) is 0.764. The molecule has 0 saturated heterocycles. The Balaban J connectivity index is 1.83. The van der Waals surface area contributed by atoms with Crippen molar-refractivity contribution in [1.29, 1.82) is 0 Å². The van der Waals surface area contributed by atoms with Gasteiger partial charge >= 0.3 is 5.97 Å². The van der Waals surface area contributed by atoms with Crippen molar-refractivity contribution in [2.45, 2.75) is 46.6 Å². The molecular formula is C14H25NO2. The molecule has 0 aliphatic heterocycles. The zero-order valence-electron chi connectivity index (χ0n) is 11.5. The number of carbonyl (C=O) groups is 1. The van der Waals surface area contributed by atoms with E-state index in [1.54, 1.807) is 0 Å². The Bertz CT molecular complexity index is 301. The highest BCUT2D eigenvalue weighted by Crippen LogP contribution is 2.61. The molecule has 0 aromatic heterocycles. The third-order valence-corrected chi connectivity index (χ3v) is 5.17. The summed E-state index contributed by atoms with van der Waals surface area (Å²) in [4.78, 5) is 11.3. The van der Waals surface area contributed by atoms with Gasteiger partial charge in [-0.2, -0.15) is 0 Å². The SMILES string of the molecule is CCOC(=O)CN[C@@H]1C[C@@H]2C[C@H]([C@H]1C)C2(C)C. The summed E-state index contributed by atoms with van der Waals surface area (Å²) in [5, 5.41) is 3.38. The van der Waals surface area contributed by atoms with E-state index in [1.807, 2.05) is 6.92 Å². The molecule has 0 aromatic rings. The first kappa shape index (κ1) is 12.9. The number of fused-ring (bicyclic) bond motifs is 2. The molecule has 2 bridgehead atoms. The summed E-state index contributed by atoms with van der Waals surface area (Å²) in [5.41, 5.74) is 0.515. The lowest BCUT2D eigenvalue weighted by Gasteiger charge is -2.62. The summed E-state index contributed by atoms with van der Waals surface area (Å²) in [6.45, 7) is 9.79. The van der Waals surface area contributed by atoms with E-state index in [9.17, 15) is 4.79 Å². The van der Waals surface area contributed by atoms with Gasteiger partial charge in [0, 0.05) is 6.04 Å². The molecule has 0 heterocycles. The van der Waals surface area contributed by atoms with Crippen LogP contribution in [0.1, 0.15) is 40.5 Å². The maximum absolute atomic E-state index is 11.3. The van der Waals surface area contributed by atoms with E-state index in [1.165, 1.54) is 12.8 Å². The molecule has 3 rings (SSSR count). The van der Waals surface area contributed by atoms with Gasteiger partial charge in [-0.1, -0.05) is 20.8 Å². The first-order chi connectivity index (χ1) is 7.96. The van der Waals surface area contributed by atoms with Crippen molar-refractivity contribution < 1.29 is 9.53 Å². The van der Waals surface area contributed by atoms with Crippen LogP contribution >= 0.6 is 0 Å². The van der Waals surface area contributed by atoms with Crippen molar-refractivity contribution >= 4 is 5.97 Å². The largest absolute Gasteiger partial charge is 0.465 e. The third-order valence-electron chi connectivity index (χ3n) is 5.17. The Morgan fingerprint density at radius 1 is 1.41 bits per heavy atom. The van der Waals surface area contributed by atoms with Gasteiger partial charge in [-0.3, -0.25) is 4.79 Å². The maximum Gasteiger partial charge on any atom is 0.319 e. The minimum absolute atomic E-state index is 0.127. The van der Waals surface area contributed by atoms with Gasteiger partial charge in [0.2, 0.25) is 0 Å². The van der Waals surface area contributed by atoms with Gasteiger partial charge in [-0.05, 0) is 42.9 Å². The molecule has 0 unspecified atom stereocenters. The Morgan fingerprint density at radius 3 is 2.65 bits per heavy atom. The molecule has 3 heteroatoms. The molecular weight excluding hydrogens is 214 g/mol. The van der Waals surface area contributed by atoms with E-state index in [0.717, 1.165) is 11.8 Å². The van der Waals surface area contributed by atoms with Crippen LogP contribution < -0.4 is 5.32 Å². The first-order valence-electron chi connectivity index (χ1n) is 6.85. The summed E-state index contributed by atoms with van der Waals surface area (Å²) in [5.74, 6) is 2.20. The van der Waals surface area contributed by atoms with Gasteiger partial charge in [0.15, 0.2) is 0 Å². The van der Waals surface area contributed by atoms with E-state index in [0.29, 0.717) is 30.5 Å². The molecule has 0 amide bonds. The van der Waals surface area contributed by atoms with Crippen molar-refractivity contribution in [2.24, 2.45) is 23.2 Å². The van der Waals surface area contributed by atoms with Crippen LogP contribution in [0.15, 0.2) is 0 Å². The normalized spacial score (nSPS) is 38.4. The summed E-state index contributed by atoms with van der Waals surface area (Å²) >= 11 is 0. The van der Waals surface area contributed by atoms with Crippen LogP contribution in [0.4, 0.5) is 0 Å². The van der Waals surface area contributed by atoms with Crippen LogP contribution in [-0.2, 0) is 9.53 Å². The van der Waals surface area contributed by atoms with E-state index in [4.69, 9.17) is 4.74 Å². The Labute approximate surface area is 104 Å². The van der Waals surface area contributed by atoms with E-state index in [2.05, 4.69) is 26.1 Å². The molecule has 3 saturated carbocycles. The molecule has 3 nitrogen and oxygen atoms in total. The van der Waals surface area contributed by atoms with Crippen LogP contribution in [-0.4, -0.2) is 25.2 Å². The fraction of sp³-hybridized carbons (Fsp3) is 0.929. The number of rotatable bonds is 4. The zero-order valence-corrected chi connectivity index (χ0v) is 11.5. The number of nitrogens with one attached hydrogen (secondary N) is 1. The zero-order chi connectivity index (χ0) is 12.6. The Hall–Kier alpha value is -0.570. The van der Waals surface area contributed by atoms with E-state index >= 15 is 0 Å². The summed E-state index contributed by atoms with van der Waals surface area (Å²) in [7, 11) is 0. The van der Waals surface area contributed by atoms with Gasteiger partial charge in [0.05, 0.1) is 13.2 Å². The fourth-order valence-corrected chi connectivity index (χ4v) is 3.85. The maximum atomic E-state index is 11.3. The summed E-state index contributed by atoms with van der Waals surface area (Å²) < 4.78 is 4.95. The number of hydrogen-bond donors (Lipinski definition) is 1. The second kappa shape index (κ2) is 4.60. The Kier molecular flexibility index (Phi) is 3.48. The van der Waals surface area contributed by atoms with Gasteiger partial charge < -0.3 is 10.1 Å². The number of ether oxygens (including phenoxy) is 1. The van der Waals surface area contributed by atoms with Crippen LogP contribution in [0.5, 0.6) is 0 Å². The average Bonchev–Trinajstić information content (AvgIpc) is 2.27. The fourth-order valence-electron chi connectivity index (χ4n) is 3.85. The van der Waals surface area contributed by atoms with Crippen molar-refractivity contribution in [2.75, 3.05) is 13.2 Å². The molecule has 17 heavy (non-hydrogen) atoms. The highest BCUT2D eigenvalue weighted by atomic mass is 16.5. The van der Waals surface area contributed by atoms with Crippen LogP contribution in [0.3, 0.4) is 0 Å². The van der Waals surface area contributed by atoms with Gasteiger partial charge in [0.1, 0.15) is 0 Å². The molecule has 98 valence electrons. The lowest BCUT2D eigenvalue weighted by Crippen LogP contribution is -2.60. The van der Waals surface area contributed by atoms with E-state index < -0.39 is 0 Å². The number of carbonyl (C=O) groups excluding carboxylic acids is 1. The van der Waals surface area contributed by atoms with Crippen molar-refractivity contribution in [3.63, 3.8) is 0 Å². The van der Waals surface area contributed by atoms with Crippen LogP contribution in [0.2, 0.25) is 0 Å².